The highest BCUT2D eigenvalue weighted by atomic mass is 19.1. The number of nitrogens with zero attached hydrogens (tertiary/aromatic N) is 2. The molecule has 0 N–H and O–H groups in total. The van der Waals surface area contributed by atoms with Gasteiger partial charge in [-0.1, -0.05) is 48.5 Å². The van der Waals surface area contributed by atoms with E-state index in [1.165, 1.54) is 23.3 Å². The highest BCUT2D eigenvalue weighted by molar-refractivity contribution is 5.70. The number of pyridine rings is 1. The molecule has 5 heteroatoms. The molecule has 0 atom stereocenters. The largest absolute Gasteiger partial charge is 0.416 e. The molecular formula is C21H19FN2O2. The molecule has 0 bridgehead atoms. The first-order chi connectivity index (χ1) is 12.7. The van der Waals surface area contributed by atoms with Crippen LogP contribution in [0.25, 0.3) is 0 Å². The first-order valence-corrected chi connectivity index (χ1v) is 8.37. The molecule has 4 rings (SSSR count). The maximum absolute atomic E-state index is 12.0. The van der Waals surface area contributed by atoms with E-state index in [1.807, 2.05) is 12.1 Å². The van der Waals surface area contributed by atoms with Gasteiger partial charge in [-0.25, -0.2) is 14.2 Å². The number of fused-ring (bicyclic) bond motifs is 1. The van der Waals surface area contributed by atoms with Crippen molar-refractivity contribution in [1.29, 1.82) is 0 Å². The number of halogens is 1. The maximum Gasteiger partial charge on any atom is 0.416 e. The van der Waals surface area contributed by atoms with Gasteiger partial charge in [-0.2, -0.15) is 0 Å². The van der Waals surface area contributed by atoms with Gasteiger partial charge in [-0.05, 0) is 35.7 Å². The summed E-state index contributed by atoms with van der Waals surface area (Å²) in [4.78, 5) is 17.7. The van der Waals surface area contributed by atoms with Crippen molar-refractivity contribution >= 4 is 6.09 Å². The highest BCUT2D eigenvalue weighted by Crippen LogP contribution is 2.19. The van der Waals surface area contributed by atoms with Gasteiger partial charge < -0.3 is 9.64 Å². The Morgan fingerprint density at radius 3 is 2.27 bits per heavy atom. The number of hydrogen-bond acceptors (Lipinski definition) is 3. The fraction of sp³-hybridized carbons (Fsp3) is 0.143. The quantitative estimate of drug-likeness (QED) is 0.650. The lowest BCUT2D eigenvalue weighted by Gasteiger charge is -2.27. The highest BCUT2D eigenvalue weighted by Gasteiger charge is 2.22. The standard InChI is InChI=1S/C15H14N2O2.C6H5F/c18-15(19-14-7-3-4-9-16-14)17-10-8-12-5-1-2-6-13(12)11-17;7-6-4-2-1-3-5-6/h1-7,9H,8,10-11H2;1-5H. The molecule has 0 radical (unpaired) electrons. The monoisotopic (exact) mass is 350 g/mol. The summed E-state index contributed by atoms with van der Waals surface area (Å²) in [6, 6.07) is 21.4. The number of carbonyl (C=O) groups excluding carboxylic acids is 1. The molecule has 3 aromatic rings. The molecular weight excluding hydrogens is 331 g/mol. The fourth-order valence-corrected chi connectivity index (χ4v) is 2.63. The van der Waals surface area contributed by atoms with Crippen LogP contribution >= 0.6 is 0 Å². The molecule has 1 aliphatic heterocycles. The number of hydrogen-bond donors (Lipinski definition) is 0. The normalized spacial score (nSPS) is 12.4. The van der Waals surface area contributed by atoms with E-state index in [0.29, 0.717) is 19.0 Å². The Morgan fingerprint density at radius 1 is 0.923 bits per heavy atom. The number of rotatable bonds is 1. The van der Waals surface area contributed by atoms with Crippen molar-refractivity contribution in [1.82, 2.24) is 9.88 Å². The van der Waals surface area contributed by atoms with Crippen molar-refractivity contribution in [2.75, 3.05) is 6.54 Å². The summed E-state index contributed by atoms with van der Waals surface area (Å²) in [5.74, 6) is 0.161. The number of carbonyl (C=O) groups is 1. The van der Waals surface area contributed by atoms with Crippen LogP contribution in [0.4, 0.5) is 9.18 Å². The smallest absolute Gasteiger partial charge is 0.391 e. The SMILES string of the molecule is Fc1ccccc1.O=C(Oc1ccccn1)N1CCc2ccccc2C1. The van der Waals surface area contributed by atoms with Gasteiger partial charge in [0.05, 0.1) is 0 Å². The molecule has 0 unspecified atom stereocenters. The van der Waals surface area contributed by atoms with Gasteiger partial charge in [-0.15, -0.1) is 0 Å². The van der Waals surface area contributed by atoms with Crippen LogP contribution in [-0.2, 0) is 13.0 Å². The third-order valence-corrected chi connectivity index (χ3v) is 3.95. The van der Waals surface area contributed by atoms with Gasteiger partial charge in [0.15, 0.2) is 0 Å². The maximum atomic E-state index is 12.0. The molecule has 2 aromatic carbocycles. The predicted octanol–water partition coefficient (Wildman–Crippen LogP) is 4.46. The predicted molar refractivity (Wildman–Crippen MR) is 97.2 cm³/mol. The zero-order valence-corrected chi connectivity index (χ0v) is 14.2. The van der Waals surface area contributed by atoms with E-state index in [2.05, 4.69) is 17.1 Å². The Hall–Kier alpha value is -3.21. The van der Waals surface area contributed by atoms with Crippen LogP contribution in [0, 0.1) is 5.82 Å². The number of benzene rings is 2. The van der Waals surface area contributed by atoms with Gasteiger partial charge in [0, 0.05) is 25.4 Å². The van der Waals surface area contributed by atoms with Gasteiger partial charge in [0.1, 0.15) is 5.82 Å². The van der Waals surface area contributed by atoms with Crippen molar-refractivity contribution in [3.63, 3.8) is 0 Å². The fourth-order valence-electron chi connectivity index (χ4n) is 2.63. The van der Waals surface area contributed by atoms with Gasteiger partial charge >= 0.3 is 6.09 Å². The lowest BCUT2D eigenvalue weighted by molar-refractivity contribution is 0.145. The topological polar surface area (TPSA) is 42.4 Å². The third kappa shape index (κ3) is 4.89. The summed E-state index contributed by atoms with van der Waals surface area (Å²) in [5.41, 5.74) is 2.50. The second kappa shape index (κ2) is 8.76. The molecule has 4 nitrogen and oxygen atoms in total. The number of amides is 1. The summed E-state index contributed by atoms with van der Waals surface area (Å²) >= 11 is 0. The van der Waals surface area contributed by atoms with E-state index in [-0.39, 0.29) is 11.9 Å². The Labute approximate surface area is 151 Å². The molecule has 0 aliphatic carbocycles. The summed E-state index contributed by atoms with van der Waals surface area (Å²) < 4.78 is 17.2. The van der Waals surface area contributed by atoms with Crippen molar-refractivity contribution < 1.29 is 13.9 Å². The summed E-state index contributed by atoms with van der Waals surface area (Å²) in [6.07, 6.45) is 2.13. The third-order valence-electron chi connectivity index (χ3n) is 3.95. The molecule has 132 valence electrons. The second-order valence-corrected chi connectivity index (χ2v) is 5.77. The molecule has 1 aromatic heterocycles. The summed E-state index contributed by atoms with van der Waals surface area (Å²) in [6.45, 7) is 1.28. The number of aromatic nitrogens is 1. The van der Waals surface area contributed by atoms with Crippen LogP contribution in [0.15, 0.2) is 79.0 Å². The van der Waals surface area contributed by atoms with Crippen LogP contribution in [0.1, 0.15) is 11.1 Å². The molecule has 0 fully saturated rings. The Bertz CT molecular complexity index is 841. The molecule has 1 aliphatic rings. The Balaban J connectivity index is 0.000000236. The van der Waals surface area contributed by atoms with Crippen molar-refractivity contribution in [2.45, 2.75) is 13.0 Å². The van der Waals surface area contributed by atoms with E-state index >= 15 is 0 Å². The zero-order chi connectivity index (χ0) is 18.2. The summed E-state index contributed by atoms with van der Waals surface area (Å²) in [5, 5.41) is 0. The van der Waals surface area contributed by atoms with E-state index in [0.717, 1.165) is 6.42 Å². The first-order valence-electron chi connectivity index (χ1n) is 8.37. The minimum absolute atomic E-state index is 0.178. The molecule has 26 heavy (non-hydrogen) atoms. The average molecular weight is 350 g/mol. The lowest BCUT2D eigenvalue weighted by atomic mass is 10.0. The van der Waals surface area contributed by atoms with Crippen LogP contribution in [0.3, 0.4) is 0 Å². The van der Waals surface area contributed by atoms with Crippen LogP contribution in [-0.4, -0.2) is 22.5 Å². The molecule has 0 saturated carbocycles. The summed E-state index contributed by atoms with van der Waals surface area (Å²) in [7, 11) is 0. The van der Waals surface area contributed by atoms with Crippen molar-refractivity contribution in [3.05, 3.63) is 95.9 Å². The molecule has 2 heterocycles. The lowest BCUT2D eigenvalue weighted by Crippen LogP contribution is -2.37. The molecule has 0 spiro atoms. The van der Waals surface area contributed by atoms with Crippen LogP contribution < -0.4 is 4.74 Å². The van der Waals surface area contributed by atoms with Gasteiger partial charge in [0.2, 0.25) is 5.88 Å². The molecule has 0 saturated heterocycles. The zero-order valence-electron chi connectivity index (χ0n) is 14.2. The minimum Gasteiger partial charge on any atom is -0.391 e. The number of ether oxygens (including phenoxy) is 1. The van der Waals surface area contributed by atoms with E-state index in [9.17, 15) is 9.18 Å². The first kappa shape index (κ1) is 17.6. The van der Waals surface area contributed by atoms with Gasteiger partial charge in [0.25, 0.3) is 0 Å². The Morgan fingerprint density at radius 2 is 1.62 bits per heavy atom. The van der Waals surface area contributed by atoms with Crippen molar-refractivity contribution in [3.8, 4) is 5.88 Å². The van der Waals surface area contributed by atoms with E-state index < -0.39 is 0 Å². The average Bonchev–Trinajstić information content (AvgIpc) is 2.69. The van der Waals surface area contributed by atoms with E-state index in [4.69, 9.17) is 4.74 Å². The van der Waals surface area contributed by atoms with Crippen LogP contribution in [0.5, 0.6) is 5.88 Å². The Kier molecular flexibility index (Phi) is 5.93. The van der Waals surface area contributed by atoms with Crippen molar-refractivity contribution in [2.24, 2.45) is 0 Å². The van der Waals surface area contributed by atoms with Gasteiger partial charge in [-0.3, -0.25) is 0 Å². The second-order valence-electron chi connectivity index (χ2n) is 5.77. The minimum atomic E-state index is -0.340. The molecule has 1 amide bonds. The van der Waals surface area contributed by atoms with Crippen LogP contribution in [0.2, 0.25) is 0 Å². The van der Waals surface area contributed by atoms with E-state index in [1.54, 1.807) is 47.5 Å².